The molecule has 0 aliphatic heterocycles. The summed E-state index contributed by atoms with van der Waals surface area (Å²) < 4.78 is 6.21. The van der Waals surface area contributed by atoms with E-state index in [1.54, 1.807) is 24.5 Å². The van der Waals surface area contributed by atoms with Crippen LogP contribution in [0.5, 0.6) is 0 Å². The lowest BCUT2D eigenvalue weighted by Gasteiger charge is -1.95. The van der Waals surface area contributed by atoms with Crippen LogP contribution in [0.3, 0.4) is 0 Å². The Morgan fingerprint density at radius 3 is 2.56 bits per heavy atom. The van der Waals surface area contributed by atoms with Crippen molar-refractivity contribution in [3.63, 3.8) is 0 Å². The van der Waals surface area contributed by atoms with Gasteiger partial charge in [-0.25, -0.2) is 0 Å². The standard InChI is InChI=1S/C13H9IO2/c14-11-5-3-10(4-6-11)13(15)8-7-12-2-1-9-16-12/h1-9H/b8-7+. The van der Waals surface area contributed by atoms with E-state index in [0.29, 0.717) is 11.3 Å². The van der Waals surface area contributed by atoms with Crippen molar-refractivity contribution in [3.8, 4) is 0 Å². The van der Waals surface area contributed by atoms with E-state index in [9.17, 15) is 4.79 Å². The number of carbonyl (C=O) groups excluding carboxylic acids is 1. The van der Waals surface area contributed by atoms with Crippen LogP contribution in [-0.4, -0.2) is 5.78 Å². The first kappa shape index (κ1) is 11.1. The molecule has 0 N–H and O–H groups in total. The molecule has 0 fully saturated rings. The third-order valence-electron chi connectivity index (χ3n) is 2.07. The third kappa shape index (κ3) is 2.82. The number of hydrogen-bond acceptors (Lipinski definition) is 2. The molecule has 2 rings (SSSR count). The lowest BCUT2D eigenvalue weighted by molar-refractivity contribution is 0.104. The van der Waals surface area contributed by atoms with E-state index >= 15 is 0 Å². The van der Waals surface area contributed by atoms with E-state index in [-0.39, 0.29) is 5.78 Å². The van der Waals surface area contributed by atoms with Crippen molar-refractivity contribution in [1.29, 1.82) is 0 Å². The number of halogens is 1. The number of furan rings is 1. The third-order valence-corrected chi connectivity index (χ3v) is 2.79. The smallest absolute Gasteiger partial charge is 0.185 e. The van der Waals surface area contributed by atoms with Gasteiger partial charge in [0.15, 0.2) is 5.78 Å². The summed E-state index contributed by atoms with van der Waals surface area (Å²) >= 11 is 2.21. The van der Waals surface area contributed by atoms with Gasteiger partial charge in [-0.3, -0.25) is 4.79 Å². The number of allylic oxidation sites excluding steroid dienone is 1. The van der Waals surface area contributed by atoms with Crippen molar-refractivity contribution in [2.45, 2.75) is 0 Å². The molecule has 1 aromatic heterocycles. The Balaban J connectivity index is 2.11. The van der Waals surface area contributed by atoms with Gasteiger partial charge in [-0.15, -0.1) is 0 Å². The molecule has 1 aromatic carbocycles. The van der Waals surface area contributed by atoms with Gasteiger partial charge >= 0.3 is 0 Å². The van der Waals surface area contributed by atoms with Crippen LogP contribution in [0, 0.1) is 3.57 Å². The molecular formula is C13H9IO2. The molecule has 80 valence electrons. The highest BCUT2D eigenvalue weighted by Gasteiger charge is 2.00. The first-order valence-electron chi connectivity index (χ1n) is 4.77. The summed E-state index contributed by atoms with van der Waals surface area (Å²) in [4.78, 5) is 11.7. The van der Waals surface area contributed by atoms with Gasteiger partial charge in [0.05, 0.1) is 6.26 Å². The maximum absolute atomic E-state index is 11.7. The van der Waals surface area contributed by atoms with Gasteiger partial charge in [0.2, 0.25) is 0 Å². The van der Waals surface area contributed by atoms with E-state index in [4.69, 9.17) is 4.42 Å². The Morgan fingerprint density at radius 2 is 1.94 bits per heavy atom. The van der Waals surface area contributed by atoms with Crippen LogP contribution in [0.4, 0.5) is 0 Å². The summed E-state index contributed by atoms with van der Waals surface area (Å²) in [6.07, 6.45) is 4.76. The molecule has 0 atom stereocenters. The lowest BCUT2D eigenvalue weighted by Crippen LogP contribution is -1.93. The monoisotopic (exact) mass is 324 g/mol. The molecular weight excluding hydrogens is 315 g/mol. The van der Waals surface area contributed by atoms with Crippen molar-refractivity contribution in [1.82, 2.24) is 0 Å². The Kier molecular flexibility index (Phi) is 3.56. The van der Waals surface area contributed by atoms with E-state index < -0.39 is 0 Å². The predicted octanol–water partition coefficient (Wildman–Crippen LogP) is 3.78. The molecule has 0 unspecified atom stereocenters. The fourth-order valence-electron chi connectivity index (χ4n) is 1.25. The number of rotatable bonds is 3. The average Bonchev–Trinajstić information content (AvgIpc) is 2.80. The van der Waals surface area contributed by atoms with E-state index in [2.05, 4.69) is 22.6 Å². The maximum Gasteiger partial charge on any atom is 0.185 e. The minimum absolute atomic E-state index is 0.0206. The summed E-state index contributed by atoms with van der Waals surface area (Å²) in [5.74, 6) is 0.659. The molecule has 3 heteroatoms. The van der Waals surface area contributed by atoms with Crippen LogP contribution < -0.4 is 0 Å². The van der Waals surface area contributed by atoms with Crippen molar-refractivity contribution < 1.29 is 9.21 Å². The number of ketones is 1. The molecule has 0 aliphatic rings. The van der Waals surface area contributed by atoms with E-state index in [0.717, 1.165) is 3.57 Å². The largest absolute Gasteiger partial charge is 0.465 e. The Hall–Kier alpha value is -1.36. The van der Waals surface area contributed by atoms with Crippen LogP contribution in [0.25, 0.3) is 6.08 Å². The van der Waals surface area contributed by atoms with Gasteiger partial charge in [0, 0.05) is 9.13 Å². The fraction of sp³-hybridized carbons (Fsp3) is 0. The minimum Gasteiger partial charge on any atom is -0.465 e. The van der Waals surface area contributed by atoms with E-state index in [1.807, 2.05) is 24.3 Å². The molecule has 2 aromatic rings. The Bertz CT molecular complexity index is 495. The molecule has 1 heterocycles. The molecule has 0 bridgehead atoms. The molecule has 0 saturated heterocycles. The van der Waals surface area contributed by atoms with Crippen molar-refractivity contribution in [3.05, 3.63) is 63.6 Å². The van der Waals surface area contributed by atoms with Crippen molar-refractivity contribution >= 4 is 34.5 Å². The number of carbonyl (C=O) groups is 1. The highest BCUT2D eigenvalue weighted by atomic mass is 127. The minimum atomic E-state index is -0.0206. The topological polar surface area (TPSA) is 30.2 Å². The second-order valence-corrected chi connectivity index (χ2v) is 4.47. The summed E-state index contributed by atoms with van der Waals surface area (Å²) in [6, 6.07) is 11.0. The number of hydrogen-bond donors (Lipinski definition) is 0. The molecule has 0 amide bonds. The molecule has 0 aliphatic carbocycles. The predicted molar refractivity (Wildman–Crippen MR) is 71.2 cm³/mol. The second kappa shape index (κ2) is 5.12. The Morgan fingerprint density at radius 1 is 1.19 bits per heavy atom. The van der Waals surface area contributed by atoms with Crippen LogP contribution in [0.2, 0.25) is 0 Å². The normalized spacial score (nSPS) is 10.8. The second-order valence-electron chi connectivity index (χ2n) is 3.22. The van der Waals surface area contributed by atoms with Crippen LogP contribution in [0.15, 0.2) is 53.2 Å². The van der Waals surface area contributed by atoms with Gasteiger partial charge in [-0.2, -0.15) is 0 Å². The maximum atomic E-state index is 11.7. The summed E-state index contributed by atoms with van der Waals surface area (Å²) in [6.45, 7) is 0. The molecule has 16 heavy (non-hydrogen) atoms. The van der Waals surface area contributed by atoms with Gasteiger partial charge in [0.25, 0.3) is 0 Å². The summed E-state index contributed by atoms with van der Waals surface area (Å²) in [5.41, 5.74) is 0.684. The fourth-order valence-corrected chi connectivity index (χ4v) is 1.61. The molecule has 0 saturated carbocycles. The average molecular weight is 324 g/mol. The molecule has 2 nitrogen and oxygen atoms in total. The van der Waals surface area contributed by atoms with Crippen molar-refractivity contribution in [2.24, 2.45) is 0 Å². The Labute approximate surface area is 107 Å². The molecule has 0 spiro atoms. The van der Waals surface area contributed by atoms with Crippen LogP contribution in [-0.2, 0) is 0 Å². The highest BCUT2D eigenvalue weighted by Crippen LogP contribution is 2.09. The zero-order valence-electron chi connectivity index (χ0n) is 8.39. The highest BCUT2D eigenvalue weighted by molar-refractivity contribution is 14.1. The number of benzene rings is 1. The van der Waals surface area contributed by atoms with Crippen molar-refractivity contribution in [2.75, 3.05) is 0 Å². The first-order chi connectivity index (χ1) is 7.75. The SMILES string of the molecule is O=C(/C=C/c1ccco1)c1ccc(I)cc1. The van der Waals surface area contributed by atoms with Gasteiger partial charge < -0.3 is 4.42 Å². The van der Waals surface area contributed by atoms with E-state index in [1.165, 1.54) is 6.08 Å². The van der Waals surface area contributed by atoms with Crippen LogP contribution >= 0.6 is 22.6 Å². The zero-order chi connectivity index (χ0) is 11.4. The van der Waals surface area contributed by atoms with Gasteiger partial charge in [-0.05, 0) is 59.0 Å². The van der Waals surface area contributed by atoms with Crippen LogP contribution in [0.1, 0.15) is 16.1 Å². The lowest BCUT2D eigenvalue weighted by atomic mass is 10.1. The van der Waals surface area contributed by atoms with Gasteiger partial charge in [0.1, 0.15) is 5.76 Å². The molecule has 0 radical (unpaired) electrons. The quantitative estimate of drug-likeness (QED) is 0.489. The summed E-state index contributed by atoms with van der Waals surface area (Å²) in [7, 11) is 0. The zero-order valence-corrected chi connectivity index (χ0v) is 10.5. The summed E-state index contributed by atoms with van der Waals surface area (Å²) in [5, 5.41) is 0. The van der Waals surface area contributed by atoms with Gasteiger partial charge in [-0.1, -0.05) is 12.1 Å². The first-order valence-corrected chi connectivity index (χ1v) is 5.85.